The fourth-order valence-corrected chi connectivity index (χ4v) is 3.68. The van der Waals surface area contributed by atoms with Gasteiger partial charge in [0.15, 0.2) is 0 Å². The number of carbonyl (C=O) groups is 1. The van der Waals surface area contributed by atoms with Gasteiger partial charge in [0, 0.05) is 30.8 Å². The first-order valence-corrected chi connectivity index (χ1v) is 8.62. The number of nitrogens with one attached hydrogen (secondary N) is 1. The van der Waals surface area contributed by atoms with Gasteiger partial charge in [-0.25, -0.2) is 0 Å². The fraction of sp³-hybridized carbons (Fsp3) is 0.765. The Labute approximate surface area is 132 Å². The van der Waals surface area contributed by atoms with Gasteiger partial charge in [-0.1, -0.05) is 26.7 Å². The number of fused-ring (bicyclic) bond motifs is 1. The summed E-state index contributed by atoms with van der Waals surface area (Å²) < 4.78 is 6.18. The molecule has 122 valence electrons. The number of hydrogen-bond donors (Lipinski definition) is 1. The largest absolute Gasteiger partial charge is 0.365 e. The van der Waals surface area contributed by atoms with Crippen LogP contribution in [-0.2, 0) is 22.5 Å². The van der Waals surface area contributed by atoms with E-state index in [0.29, 0.717) is 6.54 Å². The zero-order valence-corrected chi connectivity index (χ0v) is 13.7. The summed E-state index contributed by atoms with van der Waals surface area (Å²) in [5.74, 6) is 0.863. The highest BCUT2D eigenvalue weighted by atomic mass is 16.5. The van der Waals surface area contributed by atoms with Crippen molar-refractivity contribution in [3.63, 3.8) is 0 Å². The van der Waals surface area contributed by atoms with Crippen molar-refractivity contribution in [2.75, 3.05) is 6.54 Å². The molecule has 3 atom stereocenters. The van der Waals surface area contributed by atoms with Gasteiger partial charge in [-0.15, -0.1) is 0 Å². The first-order valence-electron chi connectivity index (χ1n) is 8.62. The molecule has 1 amide bonds. The van der Waals surface area contributed by atoms with E-state index in [1.165, 1.54) is 18.5 Å². The second-order valence-electron chi connectivity index (χ2n) is 6.81. The number of hydrogen-bond acceptors (Lipinski definition) is 3. The van der Waals surface area contributed by atoms with Gasteiger partial charge in [-0.05, 0) is 25.2 Å². The maximum Gasteiger partial charge on any atom is 0.252 e. The number of nitrogens with zero attached hydrogens (tertiary/aromatic N) is 2. The lowest BCUT2D eigenvalue weighted by Crippen LogP contribution is -2.44. The lowest BCUT2D eigenvalue weighted by atomic mass is 9.88. The van der Waals surface area contributed by atoms with Crippen LogP contribution >= 0.6 is 0 Å². The Morgan fingerprint density at radius 2 is 2.41 bits per heavy atom. The van der Waals surface area contributed by atoms with Gasteiger partial charge in [-0.2, -0.15) is 5.10 Å². The molecule has 0 unspecified atom stereocenters. The number of ether oxygens (including phenoxy) is 1. The van der Waals surface area contributed by atoms with Gasteiger partial charge in [-0.3, -0.25) is 9.89 Å². The standard InChI is InChI=1S/C17H27N3O2/c1-3-16(22-14-6-4-5-12(2)9-14)17(21)20-8-7-15-13(11-20)10-18-19-15/h10,12,14,16H,3-9,11H2,1-2H3,(H,18,19)/t12-,14-,16+/m1/s1. The molecule has 0 bridgehead atoms. The Morgan fingerprint density at radius 3 is 3.18 bits per heavy atom. The average Bonchev–Trinajstić information content (AvgIpc) is 2.99. The molecule has 1 aromatic heterocycles. The molecule has 5 heteroatoms. The molecule has 3 rings (SSSR count). The average molecular weight is 305 g/mol. The first-order chi connectivity index (χ1) is 10.7. The Bertz CT molecular complexity index is 514. The second kappa shape index (κ2) is 6.82. The molecule has 0 spiro atoms. The maximum atomic E-state index is 12.8. The minimum absolute atomic E-state index is 0.146. The molecule has 0 radical (unpaired) electrons. The van der Waals surface area contributed by atoms with Crippen molar-refractivity contribution in [2.24, 2.45) is 5.92 Å². The molecule has 1 aromatic rings. The molecule has 1 aliphatic carbocycles. The normalized spacial score (nSPS) is 26.5. The predicted molar refractivity (Wildman–Crippen MR) is 84.3 cm³/mol. The van der Waals surface area contributed by atoms with Gasteiger partial charge in [0.05, 0.1) is 12.3 Å². The van der Waals surface area contributed by atoms with Crippen LogP contribution in [0.1, 0.15) is 57.2 Å². The van der Waals surface area contributed by atoms with Crippen molar-refractivity contribution in [1.82, 2.24) is 15.1 Å². The van der Waals surface area contributed by atoms with Crippen molar-refractivity contribution < 1.29 is 9.53 Å². The lowest BCUT2D eigenvalue weighted by molar-refractivity contribution is -0.150. The Balaban J connectivity index is 1.60. The van der Waals surface area contributed by atoms with Gasteiger partial charge < -0.3 is 9.64 Å². The van der Waals surface area contributed by atoms with Crippen LogP contribution in [-0.4, -0.2) is 39.8 Å². The van der Waals surface area contributed by atoms with Crippen LogP contribution in [0.2, 0.25) is 0 Å². The van der Waals surface area contributed by atoms with E-state index in [1.54, 1.807) is 0 Å². The van der Waals surface area contributed by atoms with Gasteiger partial charge in [0.25, 0.3) is 5.91 Å². The number of amides is 1. The van der Waals surface area contributed by atoms with E-state index in [2.05, 4.69) is 17.1 Å². The third-order valence-corrected chi connectivity index (χ3v) is 5.00. The lowest BCUT2D eigenvalue weighted by Gasteiger charge is -2.33. The topological polar surface area (TPSA) is 58.2 Å². The zero-order valence-electron chi connectivity index (χ0n) is 13.7. The summed E-state index contributed by atoms with van der Waals surface area (Å²) in [5, 5.41) is 7.08. The monoisotopic (exact) mass is 305 g/mol. The van der Waals surface area contributed by atoms with E-state index in [4.69, 9.17) is 4.74 Å². The Kier molecular flexibility index (Phi) is 4.81. The minimum Gasteiger partial charge on any atom is -0.365 e. The molecule has 0 saturated heterocycles. The minimum atomic E-state index is -0.288. The summed E-state index contributed by atoms with van der Waals surface area (Å²) in [5.41, 5.74) is 2.31. The van der Waals surface area contributed by atoms with Crippen molar-refractivity contribution in [3.8, 4) is 0 Å². The maximum absolute atomic E-state index is 12.8. The van der Waals surface area contributed by atoms with E-state index in [-0.39, 0.29) is 18.1 Å². The summed E-state index contributed by atoms with van der Waals surface area (Å²) in [7, 11) is 0. The smallest absolute Gasteiger partial charge is 0.252 e. The molecule has 5 nitrogen and oxygen atoms in total. The Morgan fingerprint density at radius 1 is 1.55 bits per heavy atom. The second-order valence-corrected chi connectivity index (χ2v) is 6.81. The summed E-state index contributed by atoms with van der Waals surface area (Å²) in [4.78, 5) is 14.7. The Hall–Kier alpha value is -1.36. The summed E-state index contributed by atoms with van der Waals surface area (Å²) in [6, 6.07) is 0. The number of carbonyl (C=O) groups excluding carboxylic acids is 1. The third kappa shape index (κ3) is 3.35. The fourth-order valence-electron chi connectivity index (χ4n) is 3.68. The SMILES string of the molecule is CC[C@H](O[C@@H]1CCC[C@@H](C)C1)C(=O)N1CCc2[nH]ncc2C1. The van der Waals surface area contributed by atoms with Crippen molar-refractivity contribution >= 4 is 5.91 Å². The number of rotatable bonds is 4. The van der Waals surface area contributed by atoms with Gasteiger partial charge >= 0.3 is 0 Å². The molecule has 1 saturated carbocycles. The highest BCUT2D eigenvalue weighted by molar-refractivity contribution is 5.81. The van der Waals surface area contributed by atoms with E-state index in [1.807, 2.05) is 18.0 Å². The highest BCUT2D eigenvalue weighted by Gasteiger charge is 2.30. The summed E-state index contributed by atoms with van der Waals surface area (Å²) >= 11 is 0. The zero-order chi connectivity index (χ0) is 15.5. The van der Waals surface area contributed by atoms with Crippen LogP contribution in [0.5, 0.6) is 0 Å². The molecule has 1 N–H and O–H groups in total. The van der Waals surface area contributed by atoms with Crippen LogP contribution < -0.4 is 0 Å². The molecular weight excluding hydrogens is 278 g/mol. The predicted octanol–water partition coefficient (Wildman–Crippen LogP) is 2.67. The molecule has 0 aromatic carbocycles. The van der Waals surface area contributed by atoms with Crippen LogP contribution in [0.15, 0.2) is 6.20 Å². The van der Waals surface area contributed by atoms with Gasteiger partial charge in [0.2, 0.25) is 0 Å². The highest BCUT2D eigenvalue weighted by Crippen LogP contribution is 2.27. The van der Waals surface area contributed by atoms with Gasteiger partial charge in [0.1, 0.15) is 6.10 Å². The number of aromatic amines is 1. The van der Waals surface area contributed by atoms with E-state index in [9.17, 15) is 4.79 Å². The van der Waals surface area contributed by atoms with Crippen molar-refractivity contribution in [3.05, 3.63) is 17.5 Å². The quantitative estimate of drug-likeness (QED) is 0.930. The molecule has 2 heterocycles. The molecule has 2 aliphatic rings. The number of aromatic nitrogens is 2. The van der Waals surface area contributed by atoms with E-state index >= 15 is 0 Å². The number of H-pyrrole nitrogens is 1. The van der Waals surface area contributed by atoms with Crippen molar-refractivity contribution in [1.29, 1.82) is 0 Å². The molecule has 1 aliphatic heterocycles. The van der Waals surface area contributed by atoms with Crippen LogP contribution in [0.4, 0.5) is 0 Å². The summed E-state index contributed by atoms with van der Waals surface area (Å²) in [6.07, 6.45) is 8.11. The summed E-state index contributed by atoms with van der Waals surface area (Å²) in [6.45, 7) is 5.74. The van der Waals surface area contributed by atoms with E-state index < -0.39 is 0 Å². The van der Waals surface area contributed by atoms with E-state index in [0.717, 1.165) is 43.7 Å². The van der Waals surface area contributed by atoms with Crippen LogP contribution in [0, 0.1) is 5.92 Å². The molecule has 22 heavy (non-hydrogen) atoms. The van der Waals surface area contributed by atoms with Crippen molar-refractivity contribution in [2.45, 2.75) is 71.1 Å². The third-order valence-electron chi connectivity index (χ3n) is 5.00. The molecular formula is C17H27N3O2. The molecule has 1 fully saturated rings. The van der Waals surface area contributed by atoms with Crippen LogP contribution in [0.3, 0.4) is 0 Å². The van der Waals surface area contributed by atoms with Crippen LogP contribution in [0.25, 0.3) is 0 Å². The first kappa shape index (κ1) is 15.5.